The fraction of sp³-hybridized carbons (Fsp3) is 0. The van der Waals surface area contributed by atoms with E-state index in [1.165, 1.54) is 71.0 Å². The Balaban J connectivity index is 1.54. The second-order valence-electron chi connectivity index (χ2n) is 10.0. The number of hydrogen-bond donors (Lipinski definition) is 0. The molecule has 8 rings (SSSR count). The Morgan fingerprint density at radius 2 is 0.730 bits per heavy atom. The third kappa shape index (κ3) is 2.92. The van der Waals surface area contributed by atoms with Crippen LogP contribution in [0.4, 0.5) is 0 Å². The Morgan fingerprint density at radius 1 is 0.324 bits per heavy atom. The first kappa shape index (κ1) is 20.6. The van der Waals surface area contributed by atoms with E-state index in [1.807, 2.05) is 0 Å². The maximum Gasteiger partial charge on any atom is 0.244 e. The standard InChI is InChI=1S/C36H23B/c1-3-12-24(13-4-1)26-18-9-19-27(25-14-5-2-6-15-25)36(26)37-32-22-10-20-30-28-16-7-8-17-29(28)31-21-11-23-33(37)35(31)34(30)32/h1-23H. The van der Waals surface area contributed by atoms with Crippen molar-refractivity contribution in [1.82, 2.24) is 0 Å². The van der Waals surface area contributed by atoms with Crippen LogP contribution < -0.4 is 16.4 Å². The minimum Gasteiger partial charge on any atom is -0.0663 e. The van der Waals surface area contributed by atoms with Gasteiger partial charge >= 0.3 is 0 Å². The van der Waals surface area contributed by atoms with Gasteiger partial charge in [-0.05, 0) is 54.6 Å². The molecule has 1 aliphatic rings. The SMILES string of the molecule is c1ccc(-c2cccc(-c3ccccc3)c2B2c3cccc4c5ccccc5c5cccc2c5c34)cc1. The molecule has 0 N–H and O–H groups in total. The summed E-state index contributed by atoms with van der Waals surface area (Å²) in [5.74, 6) is 0. The van der Waals surface area contributed by atoms with Gasteiger partial charge in [-0.2, -0.15) is 0 Å². The van der Waals surface area contributed by atoms with Crippen LogP contribution in [0.1, 0.15) is 0 Å². The van der Waals surface area contributed by atoms with Gasteiger partial charge in [-0.3, -0.25) is 0 Å². The third-order valence-corrected chi connectivity index (χ3v) is 8.14. The van der Waals surface area contributed by atoms with E-state index < -0.39 is 0 Å². The average Bonchev–Trinajstić information content (AvgIpc) is 3.32. The molecule has 0 unspecified atom stereocenters. The Labute approximate surface area is 216 Å². The quantitative estimate of drug-likeness (QED) is 0.189. The molecule has 0 aliphatic carbocycles. The second-order valence-corrected chi connectivity index (χ2v) is 10.0. The molecule has 7 aromatic rings. The van der Waals surface area contributed by atoms with Crippen LogP contribution in [0.5, 0.6) is 0 Å². The van der Waals surface area contributed by atoms with Crippen LogP contribution in [-0.2, 0) is 0 Å². The molecule has 0 nitrogen and oxygen atoms in total. The van der Waals surface area contributed by atoms with E-state index in [-0.39, 0.29) is 6.71 Å². The lowest BCUT2D eigenvalue weighted by atomic mass is 9.36. The van der Waals surface area contributed by atoms with E-state index in [2.05, 4.69) is 140 Å². The lowest BCUT2D eigenvalue weighted by Gasteiger charge is -2.21. The molecular formula is C36H23B. The molecule has 0 radical (unpaired) electrons. The summed E-state index contributed by atoms with van der Waals surface area (Å²) in [6, 6.07) is 51.3. The first-order valence-corrected chi connectivity index (χ1v) is 13.0. The molecule has 170 valence electrons. The van der Waals surface area contributed by atoms with Crippen LogP contribution in [0.25, 0.3) is 54.6 Å². The lowest BCUT2D eigenvalue weighted by molar-refractivity contribution is 1.61. The van der Waals surface area contributed by atoms with Crippen LogP contribution in [0.2, 0.25) is 0 Å². The molecule has 0 spiro atoms. The van der Waals surface area contributed by atoms with Crippen molar-refractivity contribution in [3.05, 3.63) is 140 Å². The van der Waals surface area contributed by atoms with Gasteiger partial charge in [-0.25, -0.2) is 0 Å². The van der Waals surface area contributed by atoms with Crippen molar-refractivity contribution in [3.8, 4) is 22.3 Å². The Morgan fingerprint density at radius 3 is 1.22 bits per heavy atom. The third-order valence-electron chi connectivity index (χ3n) is 8.14. The van der Waals surface area contributed by atoms with Gasteiger partial charge in [0.15, 0.2) is 0 Å². The van der Waals surface area contributed by atoms with Crippen molar-refractivity contribution in [2.24, 2.45) is 0 Å². The number of rotatable bonds is 3. The minimum absolute atomic E-state index is 0.158. The number of hydrogen-bond acceptors (Lipinski definition) is 0. The normalized spacial score (nSPS) is 12.3. The van der Waals surface area contributed by atoms with Gasteiger partial charge in [-0.1, -0.05) is 156 Å². The fourth-order valence-corrected chi connectivity index (χ4v) is 6.67. The Bertz CT molecular complexity index is 1830. The van der Waals surface area contributed by atoms with Crippen molar-refractivity contribution in [2.75, 3.05) is 0 Å². The largest absolute Gasteiger partial charge is 0.244 e. The van der Waals surface area contributed by atoms with Gasteiger partial charge in [-0.15, -0.1) is 0 Å². The zero-order valence-electron chi connectivity index (χ0n) is 20.4. The zero-order chi connectivity index (χ0) is 24.3. The Hall–Kier alpha value is -4.62. The maximum absolute atomic E-state index is 2.36. The van der Waals surface area contributed by atoms with E-state index in [9.17, 15) is 0 Å². The monoisotopic (exact) mass is 466 g/mol. The molecule has 1 heterocycles. The van der Waals surface area contributed by atoms with Crippen LogP contribution in [-0.4, -0.2) is 6.71 Å². The summed E-state index contributed by atoms with van der Waals surface area (Å²) in [5, 5.41) is 8.22. The van der Waals surface area contributed by atoms with Gasteiger partial charge < -0.3 is 0 Å². The van der Waals surface area contributed by atoms with Gasteiger partial charge in [0.25, 0.3) is 0 Å². The highest BCUT2D eigenvalue weighted by Crippen LogP contribution is 2.37. The molecule has 0 bridgehead atoms. The summed E-state index contributed by atoms with van der Waals surface area (Å²) in [6.45, 7) is 0.158. The minimum atomic E-state index is 0.158. The topological polar surface area (TPSA) is 0 Å². The molecule has 0 fully saturated rings. The highest BCUT2D eigenvalue weighted by molar-refractivity contribution is 7.02. The summed E-state index contributed by atoms with van der Waals surface area (Å²) in [5.41, 5.74) is 9.34. The van der Waals surface area contributed by atoms with Gasteiger partial charge in [0, 0.05) is 0 Å². The fourth-order valence-electron chi connectivity index (χ4n) is 6.67. The number of benzene rings is 7. The smallest absolute Gasteiger partial charge is 0.0663 e. The molecule has 0 saturated carbocycles. The van der Waals surface area contributed by atoms with Crippen LogP contribution >= 0.6 is 0 Å². The molecule has 0 aromatic heterocycles. The van der Waals surface area contributed by atoms with Crippen molar-refractivity contribution >= 4 is 55.4 Å². The van der Waals surface area contributed by atoms with Crippen LogP contribution in [0.15, 0.2) is 140 Å². The van der Waals surface area contributed by atoms with Gasteiger partial charge in [0.05, 0.1) is 0 Å². The van der Waals surface area contributed by atoms with Crippen molar-refractivity contribution in [1.29, 1.82) is 0 Å². The summed E-state index contributed by atoms with van der Waals surface area (Å²) < 4.78 is 0. The summed E-state index contributed by atoms with van der Waals surface area (Å²) >= 11 is 0. The molecule has 37 heavy (non-hydrogen) atoms. The van der Waals surface area contributed by atoms with Crippen LogP contribution in [0, 0.1) is 0 Å². The predicted molar refractivity (Wildman–Crippen MR) is 161 cm³/mol. The van der Waals surface area contributed by atoms with E-state index in [0.29, 0.717) is 0 Å². The van der Waals surface area contributed by atoms with Gasteiger partial charge in [0.2, 0.25) is 6.71 Å². The molecule has 0 saturated heterocycles. The van der Waals surface area contributed by atoms with E-state index >= 15 is 0 Å². The maximum atomic E-state index is 2.36. The zero-order valence-corrected chi connectivity index (χ0v) is 20.4. The molecule has 0 amide bonds. The predicted octanol–water partition coefficient (Wildman–Crippen LogP) is 7.31. The number of fused-ring (bicyclic) bond motifs is 3. The summed E-state index contributed by atoms with van der Waals surface area (Å²) in [4.78, 5) is 0. The van der Waals surface area contributed by atoms with Crippen molar-refractivity contribution < 1.29 is 0 Å². The Kier molecular flexibility index (Phi) is 4.42. The molecular weight excluding hydrogens is 443 g/mol. The molecule has 1 heteroatoms. The first-order chi connectivity index (χ1) is 18.4. The highest BCUT2D eigenvalue weighted by Gasteiger charge is 2.35. The molecule has 0 atom stereocenters. The highest BCUT2D eigenvalue weighted by atomic mass is 14.2. The molecule has 1 aliphatic heterocycles. The van der Waals surface area contributed by atoms with E-state index in [1.54, 1.807) is 0 Å². The second kappa shape index (κ2) is 7.95. The van der Waals surface area contributed by atoms with Gasteiger partial charge in [0.1, 0.15) is 0 Å². The molecule has 7 aromatic carbocycles. The summed E-state index contributed by atoms with van der Waals surface area (Å²) in [7, 11) is 0. The van der Waals surface area contributed by atoms with Crippen molar-refractivity contribution in [3.63, 3.8) is 0 Å². The van der Waals surface area contributed by atoms with E-state index in [0.717, 1.165) is 0 Å². The first-order valence-electron chi connectivity index (χ1n) is 13.0. The lowest BCUT2D eigenvalue weighted by Crippen LogP contribution is -2.50. The average molecular weight is 466 g/mol. The van der Waals surface area contributed by atoms with Crippen LogP contribution in [0.3, 0.4) is 0 Å². The van der Waals surface area contributed by atoms with Crippen molar-refractivity contribution in [2.45, 2.75) is 0 Å². The van der Waals surface area contributed by atoms with E-state index in [4.69, 9.17) is 0 Å². The summed E-state index contributed by atoms with van der Waals surface area (Å²) in [6.07, 6.45) is 0.